The molecule has 0 radical (unpaired) electrons. The Bertz CT molecular complexity index is 1450. The van der Waals surface area contributed by atoms with Gasteiger partial charge in [-0.2, -0.15) is 4.28 Å². The number of fused-ring (bicyclic) bond motifs is 1. The van der Waals surface area contributed by atoms with E-state index in [4.69, 9.17) is 9.02 Å². The van der Waals surface area contributed by atoms with Crippen molar-refractivity contribution in [3.05, 3.63) is 79.0 Å². The van der Waals surface area contributed by atoms with Crippen molar-refractivity contribution in [2.75, 3.05) is 19.2 Å². The highest BCUT2D eigenvalue weighted by Crippen LogP contribution is 2.28. The van der Waals surface area contributed by atoms with Gasteiger partial charge in [-0.15, -0.1) is 0 Å². The third-order valence-electron chi connectivity index (χ3n) is 5.01. The van der Waals surface area contributed by atoms with E-state index in [0.717, 1.165) is 16.0 Å². The molecule has 0 fully saturated rings. The summed E-state index contributed by atoms with van der Waals surface area (Å²) in [6.07, 6.45) is 1.82. The maximum Gasteiger partial charge on any atom is 0.277 e. The molecular weight excluding hydrogens is 452 g/mol. The van der Waals surface area contributed by atoms with Gasteiger partial charge in [0.05, 0.1) is 28.1 Å². The summed E-state index contributed by atoms with van der Waals surface area (Å²) >= 11 is 0. The third-order valence-corrected chi connectivity index (χ3v) is 7.15. The Balaban J connectivity index is 1.76. The molecule has 3 aromatic carbocycles. The van der Waals surface area contributed by atoms with Crippen LogP contribution in [0.3, 0.4) is 0 Å². The second-order valence-corrected chi connectivity index (χ2v) is 9.47. The van der Waals surface area contributed by atoms with Gasteiger partial charge in [0, 0.05) is 24.3 Å². The van der Waals surface area contributed by atoms with Crippen LogP contribution in [0, 0.1) is 0 Å². The number of benzene rings is 3. The molecular formula is C22H20N2O6S2. The Morgan fingerprint density at radius 1 is 0.906 bits per heavy atom. The number of anilines is 1. The minimum atomic E-state index is -3.73. The van der Waals surface area contributed by atoms with Crippen molar-refractivity contribution in [1.82, 2.24) is 4.57 Å². The molecule has 0 unspecified atom stereocenters. The summed E-state index contributed by atoms with van der Waals surface area (Å²) in [5, 5.41) is 2.05. The number of ether oxygens (including phenoxy) is 1. The Hall–Kier alpha value is -3.34. The molecule has 32 heavy (non-hydrogen) atoms. The predicted octanol–water partition coefficient (Wildman–Crippen LogP) is 3.37. The summed E-state index contributed by atoms with van der Waals surface area (Å²) < 4.78 is 59.7. The van der Waals surface area contributed by atoms with E-state index in [2.05, 4.69) is 0 Å². The summed E-state index contributed by atoms with van der Waals surface area (Å²) in [4.78, 5) is 0.322. The normalized spacial score (nSPS) is 11.7. The van der Waals surface area contributed by atoms with Crippen LogP contribution in [0.2, 0.25) is 0 Å². The molecule has 1 aromatic heterocycles. The third kappa shape index (κ3) is 4.20. The van der Waals surface area contributed by atoms with Crippen LogP contribution in [0.25, 0.3) is 16.6 Å². The van der Waals surface area contributed by atoms with E-state index < -0.39 is 20.8 Å². The molecule has 0 saturated heterocycles. The van der Waals surface area contributed by atoms with Gasteiger partial charge in [-0.1, -0.05) is 12.1 Å². The first-order chi connectivity index (χ1) is 15.3. The lowest BCUT2D eigenvalue weighted by atomic mass is 10.2. The van der Waals surface area contributed by atoms with Crippen molar-refractivity contribution in [2.45, 2.75) is 9.79 Å². The van der Waals surface area contributed by atoms with Crippen LogP contribution >= 0.6 is 0 Å². The number of aromatic nitrogens is 1. The maximum absolute atomic E-state index is 13.1. The first kappa shape index (κ1) is 21.9. The largest absolute Gasteiger partial charge is 0.497 e. The van der Waals surface area contributed by atoms with Crippen molar-refractivity contribution in [1.29, 1.82) is 0 Å². The van der Waals surface area contributed by atoms with Gasteiger partial charge < -0.3 is 9.30 Å². The number of rotatable bonds is 7. The molecule has 0 saturated carbocycles. The molecule has 0 atom stereocenters. The van der Waals surface area contributed by atoms with E-state index >= 15 is 0 Å². The zero-order chi connectivity index (χ0) is 22.9. The smallest absolute Gasteiger partial charge is 0.277 e. The summed E-state index contributed by atoms with van der Waals surface area (Å²) in [5.41, 5.74) is 1.93. The molecule has 1 heterocycles. The monoisotopic (exact) mass is 472 g/mol. The molecule has 0 aliphatic carbocycles. The molecule has 0 bridgehead atoms. The average molecular weight is 473 g/mol. The van der Waals surface area contributed by atoms with Gasteiger partial charge in [0.25, 0.3) is 11.0 Å². The first-order valence-electron chi connectivity index (χ1n) is 9.46. The Morgan fingerprint density at radius 2 is 1.66 bits per heavy atom. The van der Waals surface area contributed by atoms with E-state index in [1.54, 1.807) is 48.5 Å². The lowest BCUT2D eigenvalue weighted by Gasteiger charge is -2.15. The van der Waals surface area contributed by atoms with E-state index in [-0.39, 0.29) is 9.79 Å². The molecule has 0 spiro atoms. The number of thiol groups is 1. The minimum Gasteiger partial charge on any atom is -0.497 e. The second kappa shape index (κ2) is 8.65. The Kier molecular flexibility index (Phi) is 5.92. The minimum absolute atomic E-state index is 0.155. The summed E-state index contributed by atoms with van der Waals surface area (Å²) in [6, 6.07) is 20.1. The molecule has 0 aliphatic rings. The number of sulfone groups is 1. The highest BCUT2D eigenvalue weighted by molar-refractivity contribution is 7.91. The van der Waals surface area contributed by atoms with Crippen molar-refractivity contribution in [2.24, 2.45) is 0 Å². The number of hydrogen-bond donors (Lipinski definition) is 1. The zero-order valence-electron chi connectivity index (χ0n) is 17.2. The lowest BCUT2D eigenvalue weighted by Crippen LogP contribution is -2.16. The van der Waals surface area contributed by atoms with Crippen LogP contribution in [0.5, 0.6) is 5.75 Å². The zero-order valence-corrected chi connectivity index (χ0v) is 18.9. The highest BCUT2D eigenvalue weighted by Gasteiger charge is 2.19. The molecule has 0 N–H and O–H groups in total. The predicted molar refractivity (Wildman–Crippen MR) is 122 cm³/mol. The van der Waals surface area contributed by atoms with Crippen LogP contribution in [-0.4, -0.2) is 35.6 Å². The van der Waals surface area contributed by atoms with Crippen LogP contribution < -0.4 is 9.80 Å². The van der Waals surface area contributed by atoms with Gasteiger partial charge in [-0.3, -0.25) is 0 Å². The standard InChI is InChI=1S/C22H20N2O6S2/c1-23(30-31(25)26)17-7-6-16-12-13-24(22(16)15-17)18-4-3-5-21(14-18)32(27,28)20-10-8-19(29-2)9-11-20/h3-15,31H,1-2H3. The molecule has 166 valence electrons. The lowest BCUT2D eigenvalue weighted by molar-refractivity contribution is 0.320. The first-order valence-corrected chi connectivity index (χ1v) is 12.0. The summed E-state index contributed by atoms with van der Waals surface area (Å²) in [7, 11) is -3.77. The summed E-state index contributed by atoms with van der Waals surface area (Å²) in [6.45, 7) is 0. The van der Waals surface area contributed by atoms with Crippen molar-refractivity contribution >= 4 is 37.4 Å². The number of hydrogen-bond acceptors (Lipinski definition) is 7. The van der Waals surface area contributed by atoms with Crippen LogP contribution in [0.1, 0.15) is 0 Å². The fraction of sp³-hybridized carbons (Fsp3) is 0.0909. The number of nitrogens with zero attached hydrogens (tertiary/aromatic N) is 2. The van der Waals surface area contributed by atoms with Gasteiger partial charge in [0.15, 0.2) is 0 Å². The van der Waals surface area contributed by atoms with E-state index in [1.165, 1.54) is 26.3 Å². The molecule has 4 aromatic rings. The quantitative estimate of drug-likeness (QED) is 0.326. The molecule has 0 aliphatic heterocycles. The van der Waals surface area contributed by atoms with Crippen molar-refractivity contribution in [3.63, 3.8) is 0 Å². The van der Waals surface area contributed by atoms with Gasteiger partial charge in [-0.05, 0) is 60.7 Å². The van der Waals surface area contributed by atoms with Crippen LogP contribution in [0.4, 0.5) is 5.69 Å². The van der Waals surface area contributed by atoms with Gasteiger partial charge >= 0.3 is 0 Å². The average Bonchev–Trinajstić information content (AvgIpc) is 3.22. The van der Waals surface area contributed by atoms with Crippen LogP contribution in [-0.2, 0) is 25.1 Å². The Morgan fingerprint density at radius 3 is 2.34 bits per heavy atom. The maximum atomic E-state index is 13.1. The molecule has 0 amide bonds. The van der Waals surface area contributed by atoms with Crippen molar-refractivity contribution < 1.29 is 25.9 Å². The topological polar surface area (TPSA) is 94.9 Å². The highest BCUT2D eigenvalue weighted by atomic mass is 32.2. The van der Waals surface area contributed by atoms with Gasteiger partial charge in [0.2, 0.25) is 9.84 Å². The fourth-order valence-corrected chi connectivity index (χ4v) is 4.97. The Labute approximate surface area is 187 Å². The van der Waals surface area contributed by atoms with E-state index in [0.29, 0.717) is 17.1 Å². The molecule has 4 rings (SSSR count). The van der Waals surface area contributed by atoms with Gasteiger partial charge in [-0.25, -0.2) is 21.9 Å². The molecule has 10 heteroatoms. The summed E-state index contributed by atoms with van der Waals surface area (Å²) in [5.74, 6) is 0.572. The fourth-order valence-electron chi connectivity index (χ4n) is 3.38. The van der Waals surface area contributed by atoms with E-state index in [1.807, 2.05) is 22.9 Å². The molecule has 8 nitrogen and oxygen atoms in total. The van der Waals surface area contributed by atoms with E-state index in [9.17, 15) is 16.8 Å². The SMILES string of the molecule is COc1ccc(S(=O)(=O)c2cccc(-n3ccc4ccc(N(C)O[SH](=O)=O)cc43)c2)cc1. The number of methoxy groups -OCH3 is 1. The van der Waals surface area contributed by atoms with Crippen LogP contribution in [0.15, 0.2) is 88.8 Å². The van der Waals surface area contributed by atoms with Gasteiger partial charge in [0.1, 0.15) is 5.75 Å². The van der Waals surface area contributed by atoms with Crippen molar-refractivity contribution in [3.8, 4) is 11.4 Å². The number of hydroxylamine groups is 1. The second-order valence-electron chi connectivity index (χ2n) is 6.91.